The average Bonchev–Trinajstić information content (AvgIpc) is 2.88. The number of carbonyl (C=O) groups is 1. The molecule has 2 heterocycles. The van der Waals surface area contributed by atoms with Crippen molar-refractivity contribution in [2.75, 3.05) is 18.8 Å². The number of likely N-dealkylation sites (tertiary alicyclic amines) is 1. The van der Waals surface area contributed by atoms with Gasteiger partial charge < -0.3 is 15.2 Å². The summed E-state index contributed by atoms with van der Waals surface area (Å²) in [4.78, 5) is 14.9. The van der Waals surface area contributed by atoms with Crippen LogP contribution in [0.1, 0.15) is 62.5 Å². The minimum absolute atomic E-state index is 0.157. The van der Waals surface area contributed by atoms with E-state index in [0.29, 0.717) is 5.69 Å². The maximum atomic E-state index is 12.9. The maximum absolute atomic E-state index is 12.9. The molecular formula is C17H27N3O. The fraction of sp³-hybridized carbons (Fsp3) is 0.706. The third kappa shape index (κ3) is 2.81. The summed E-state index contributed by atoms with van der Waals surface area (Å²) in [6, 6.07) is 2.09. The van der Waals surface area contributed by atoms with Crippen molar-refractivity contribution in [3.63, 3.8) is 0 Å². The van der Waals surface area contributed by atoms with E-state index in [-0.39, 0.29) is 11.9 Å². The van der Waals surface area contributed by atoms with Crippen LogP contribution in [-0.4, -0.2) is 28.5 Å². The number of anilines is 1. The molecule has 21 heavy (non-hydrogen) atoms. The summed E-state index contributed by atoms with van der Waals surface area (Å²) in [5, 5.41) is 0. The first-order valence-corrected chi connectivity index (χ1v) is 8.33. The molecule has 2 fully saturated rings. The van der Waals surface area contributed by atoms with E-state index < -0.39 is 0 Å². The highest BCUT2D eigenvalue weighted by molar-refractivity contribution is 5.94. The van der Waals surface area contributed by atoms with E-state index in [2.05, 4.69) is 18.7 Å². The first kappa shape index (κ1) is 14.5. The number of aromatic nitrogens is 1. The smallest absolute Gasteiger partial charge is 0.270 e. The minimum Gasteiger partial charge on any atom is -0.397 e. The molecule has 2 atom stereocenters. The maximum Gasteiger partial charge on any atom is 0.270 e. The van der Waals surface area contributed by atoms with Gasteiger partial charge in [-0.3, -0.25) is 4.79 Å². The first-order chi connectivity index (χ1) is 10.1. The van der Waals surface area contributed by atoms with E-state index in [1.165, 1.54) is 32.1 Å². The number of piperidine rings is 1. The Bertz CT molecular complexity index is 520. The lowest BCUT2D eigenvalue weighted by Crippen LogP contribution is -2.45. The number of nitrogens with two attached hydrogens (primary N) is 1. The number of rotatable bonds is 2. The standard InChI is InChI=1S/C17H27N3O/c1-12(2)20-11-15(18)9-16(20)17(21)19-8-7-13-5-3-4-6-14(13)10-19/h9,11-14H,3-8,10,18H2,1-2H3. The molecule has 4 heteroatoms. The van der Waals surface area contributed by atoms with E-state index >= 15 is 0 Å². The summed E-state index contributed by atoms with van der Waals surface area (Å²) < 4.78 is 2.00. The van der Waals surface area contributed by atoms with Crippen molar-refractivity contribution in [3.8, 4) is 0 Å². The Kier molecular flexibility index (Phi) is 3.96. The third-order valence-electron chi connectivity index (χ3n) is 5.22. The van der Waals surface area contributed by atoms with E-state index in [0.717, 1.165) is 30.6 Å². The molecule has 0 aromatic carbocycles. The predicted octanol–water partition coefficient (Wildman–Crippen LogP) is 3.30. The Balaban J connectivity index is 1.76. The topological polar surface area (TPSA) is 51.3 Å². The molecule has 116 valence electrons. The van der Waals surface area contributed by atoms with Crippen LogP contribution in [-0.2, 0) is 0 Å². The summed E-state index contributed by atoms with van der Waals surface area (Å²) in [5.74, 6) is 1.73. The average molecular weight is 289 g/mol. The quantitative estimate of drug-likeness (QED) is 0.908. The van der Waals surface area contributed by atoms with Crippen LogP contribution in [0.3, 0.4) is 0 Å². The number of hydrogen-bond donors (Lipinski definition) is 1. The van der Waals surface area contributed by atoms with Gasteiger partial charge in [-0.2, -0.15) is 0 Å². The number of carbonyl (C=O) groups excluding carboxylic acids is 1. The molecular weight excluding hydrogens is 262 g/mol. The summed E-state index contributed by atoms with van der Waals surface area (Å²) in [7, 11) is 0. The number of amides is 1. The van der Waals surface area contributed by atoms with Gasteiger partial charge in [0.05, 0.1) is 5.69 Å². The van der Waals surface area contributed by atoms with E-state index in [4.69, 9.17) is 5.73 Å². The van der Waals surface area contributed by atoms with Crippen LogP contribution in [0.2, 0.25) is 0 Å². The number of hydrogen-bond acceptors (Lipinski definition) is 2. The Morgan fingerprint density at radius 2 is 1.95 bits per heavy atom. The fourth-order valence-electron chi connectivity index (χ4n) is 4.05. The molecule has 2 unspecified atom stereocenters. The van der Waals surface area contributed by atoms with Crippen molar-refractivity contribution in [2.45, 2.75) is 52.0 Å². The zero-order chi connectivity index (χ0) is 15.0. The van der Waals surface area contributed by atoms with Gasteiger partial charge in [0.25, 0.3) is 5.91 Å². The lowest BCUT2D eigenvalue weighted by molar-refractivity contribution is 0.0510. The van der Waals surface area contributed by atoms with Gasteiger partial charge in [0, 0.05) is 25.3 Å². The zero-order valence-corrected chi connectivity index (χ0v) is 13.2. The molecule has 1 amide bonds. The molecule has 0 radical (unpaired) electrons. The van der Waals surface area contributed by atoms with Crippen LogP contribution < -0.4 is 5.73 Å². The van der Waals surface area contributed by atoms with Crippen LogP contribution in [0.25, 0.3) is 0 Å². The van der Waals surface area contributed by atoms with Crippen LogP contribution in [0, 0.1) is 11.8 Å². The molecule has 2 aliphatic rings. The summed E-state index contributed by atoms with van der Waals surface area (Å²) >= 11 is 0. The molecule has 1 saturated heterocycles. The Morgan fingerprint density at radius 3 is 2.67 bits per heavy atom. The molecule has 1 aliphatic heterocycles. The highest BCUT2D eigenvalue weighted by Crippen LogP contribution is 2.36. The Morgan fingerprint density at radius 1 is 1.24 bits per heavy atom. The molecule has 3 rings (SSSR count). The molecule has 4 nitrogen and oxygen atoms in total. The van der Waals surface area contributed by atoms with Crippen molar-refractivity contribution >= 4 is 11.6 Å². The summed E-state index contributed by atoms with van der Waals surface area (Å²) in [6.07, 6.45) is 8.42. The Hall–Kier alpha value is -1.45. The van der Waals surface area contributed by atoms with Gasteiger partial charge in [-0.25, -0.2) is 0 Å². The van der Waals surface area contributed by atoms with E-state index in [1.807, 2.05) is 16.8 Å². The number of nitrogens with zero attached hydrogens (tertiary/aromatic N) is 2. The van der Waals surface area contributed by atoms with Crippen LogP contribution in [0.15, 0.2) is 12.3 Å². The Labute approximate surface area is 127 Å². The monoisotopic (exact) mass is 289 g/mol. The lowest BCUT2D eigenvalue weighted by Gasteiger charge is -2.41. The zero-order valence-electron chi connectivity index (χ0n) is 13.2. The second-order valence-corrected chi connectivity index (χ2v) is 7.00. The van der Waals surface area contributed by atoms with Crippen molar-refractivity contribution < 1.29 is 4.79 Å². The molecule has 0 bridgehead atoms. The fourth-order valence-corrected chi connectivity index (χ4v) is 4.05. The van der Waals surface area contributed by atoms with Gasteiger partial charge in [0.1, 0.15) is 5.69 Å². The molecule has 0 spiro atoms. The van der Waals surface area contributed by atoms with Gasteiger partial charge >= 0.3 is 0 Å². The van der Waals surface area contributed by atoms with Gasteiger partial charge in [0.15, 0.2) is 0 Å². The number of fused-ring (bicyclic) bond motifs is 1. The van der Waals surface area contributed by atoms with Crippen LogP contribution in [0.4, 0.5) is 5.69 Å². The molecule has 1 saturated carbocycles. The van der Waals surface area contributed by atoms with Gasteiger partial charge in [0.2, 0.25) is 0 Å². The van der Waals surface area contributed by atoms with Gasteiger partial charge in [-0.05, 0) is 44.6 Å². The SMILES string of the molecule is CC(C)n1cc(N)cc1C(=O)N1CCC2CCCCC2C1. The largest absolute Gasteiger partial charge is 0.397 e. The van der Waals surface area contributed by atoms with Crippen molar-refractivity contribution in [1.29, 1.82) is 0 Å². The third-order valence-corrected chi connectivity index (χ3v) is 5.22. The van der Waals surface area contributed by atoms with E-state index in [1.54, 1.807) is 0 Å². The van der Waals surface area contributed by atoms with Gasteiger partial charge in [-0.15, -0.1) is 0 Å². The summed E-state index contributed by atoms with van der Waals surface area (Å²) in [5.41, 5.74) is 7.33. The highest BCUT2D eigenvalue weighted by atomic mass is 16.2. The van der Waals surface area contributed by atoms with Crippen LogP contribution >= 0.6 is 0 Å². The van der Waals surface area contributed by atoms with Crippen molar-refractivity contribution in [1.82, 2.24) is 9.47 Å². The van der Waals surface area contributed by atoms with Crippen molar-refractivity contribution in [3.05, 3.63) is 18.0 Å². The van der Waals surface area contributed by atoms with Crippen LogP contribution in [0.5, 0.6) is 0 Å². The highest BCUT2D eigenvalue weighted by Gasteiger charge is 2.34. The molecule has 1 aliphatic carbocycles. The molecule has 2 N–H and O–H groups in total. The normalized spacial score (nSPS) is 26.0. The lowest BCUT2D eigenvalue weighted by atomic mass is 9.75. The number of nitrogen functional groups attached to an aromatic ring is 1. The molecule has 1 aromatic heterocycles. The second-order valence-electron chi connectivity index (χ2n) is 7.00. The van der Waals surface area contributed by atoms with Crippen molar-refractivity contribution in [2.24, 2.45) is 11.8 Å². The second kappa shape index (κ2) is 5.74. The van der Waals surface area contributed by atoms with E-state index in [9.17, 15) is 4.79 Å². The first-order valence-electron chi connectivity index (χ1n) is 8.33. The minimum atomic E-state index is 0.157. The molecule has 1 aromatic rings. The van der Waals surface area contributed by atoms with Gasteiger partial charge in [-0.1, -0.05) is 19.3 Å². The summed E-state index contributed by atoms with van der Waals surface area (Å²) in [6.45, 7) is 6.02. The predicted molar refractivity (Wildman–Crippen MR) is 85.2 cm³/mol.